The second-order valence-electron chi connectivity index (χ2n) is 7.18. The van der Waals surface area contributed by atoms with Gasteiger partial charge in [0.2, 0.25) is 5.91 Å². The Morgan fingerprint density at radius 3 is 2.47 bits per heavy atom. The molecule has 3 aromatic carbocycles. The molecule has 0 bridgehead atoms. The van der Waals surface area contributed by atoms with E-state index in [1.54, 1.807) is 34.9 Å². The maximum absolute atomic E-state index is 14.5. The van der Waals surface area contributed by atoms with E-state index >= 15 is 0 Å². The Labute approximate surface area is 188 Å². The van der Waals surface area contributed by atoms with Crippen LogP contribution in [-0.2, 0) is 4.79 Å². The third-order valence-corrected chi connectivity index (χ3v) is 5.97. The molecule has 0 atom stereocenters. The summed E-state index contributed by atoms with van der Waals surface area (Å²) in [6.45, 7) is 3.93. The molecule has 0 radical (unpaired) electrons. The molecule has 4 rings (SSSR count). The minimum absolute atomic E-state index is 0.0734. The quantitative estimate of drug-likeness (QED) is 0.391. The van der Waals surface area contributed by atoms with Crippen LogP contribution in [0.5, 0.6) is 0 Å². The van der Waals surface area contributed by atoms with Crippen LogP contribution in [0.15, 0.2) is 71.9 Å². The van der Waals surface area contributed by atoms with Crippen LogP contribution in [0.3, 0.4) is 0 Å². The van der Waals surface area contributed by atoms with Gasteiger partial charge in [-0.25, -0.2) is 8.78 Å². The molecular formula is C24H20F2N4OS. The highest BCUT2D eigenvalue weighted by atomic mass is 32.2. The van der Waals surface area contributed by atoms with Crippen molar-refractivity contribution < 1.29 is 13.6 Å². The smallest absolute Gasteiger partial charge is 0.234 e. The number of hydrogen-bond donors (Lipinski definition) is 1. The first-order chi connectivity index (χ1) is 15.4. The maximum Gasteiger partial charge on any atom is 0.234 e. The van der Waals surface area contributed by atoms with E-state index in [4.69, 9.17) is 0 Å². The van der Waals surface area contributed by atoms with Crippen molar-refractivity contribution in [3.63, 3.8) is 0 Å². The van der Waals surface area contributed by atoms with Gasteiger partial charge in [-0.1, -0.05) is 36.0 Å². The average molecular weight is 451 g/mol. The van der Waals surface area contributed by atoms with Crippen molar-refractivity contribution in [2.24, 2.45) is 0 Å². The van der Waals surface area contributed by atoms with Gasteiger partial charge < -0.3 is 5.32 Å². The molecular weight excluding hydrogens is 430 g/mol. The second kappa shape index (κ2) is 9.32. The van der Waals surface area contributed by atoms with E-state index in [0.717, 1.165) is 16.8 Å². The Bertz CT molecular complexity index is 1270. The number of anilines is 1. The lowest BCUT2D eigenvalue weighted by Crippen LogP contribution is -2.15. The van der Waals surface area contributed by atoms with Crippen molar-refractivity contribution in [3.8, 4) is 17.1 Å². The van der Waals surface area contributed by atoms with Crippen molar-refractivity contribution in [2.75, 3.05) is 11.1 Å². The van der Waals surface area contributed by atoms with Crippen LogP contribution >= 0.6 is 11.8 Å². The van der Waals surface area contributed by atoms with Gasteiger partial charge in [0.15, 0.2) is 11.0 Å². The fourth-order valence-corrected chi connectivity index (χ4v) is 3.96. The van der Waals surface area contributed by atoms with E-state index in [1.165, 1.54) is 30.0 Å². The SMILES string of the molecule is Cc1cccc(NC(=O)CSc2nnc(-c3ccccc3F)n2-c2ccc(F)cc2)c1C. The average Bonchev–Trinajstić information content (AvgIpc) is 3.20. The van der Waals surface area contributed by atoms with Gasteiger partial charge >= 0.3 is 0 Å². The van der Waals surface area contributed by atoms with Crippen molar-refractivity contribution >= 4 is 23.4 Å². The van der Waals surface area contributed by atoms with Gasteiger partial charge in [0, 0.05) is 11.4 Å². The number of hydrogen-bond acceptors (Lipinski definition) is 4. The molecule has 1 aromatic heterocycles. The first-order valence-corrected chi connectivity index (χ1v) is 10.9. The molecule has 0 aliphatic carbocycles. The molecule has 1 N–H and O–H groups in total. The minimum Gasteiger partial charge on any atom is -0.325 e. The first kappa shape index (κ1) is 21.7. The van der Waals surface area contributed by atoms with E-state index in [-0.39, 0.29) is 23.0 Å². The van der Waals surface area contributed by atoms with Crippen molar-refractivity contribution in [1.82, 2.24) is 14.8 Å². The molecule has 0 saturated carbocycles. The molecule has 0 saturated heterocycles. The lowest BCUT2D eigenvalue weighted by molar-refractivity contribution is -0.113. The Morgan fingerprint density at radius 2 is 1.72 bits per heavy atom. The van der Waals surface area contributed by atoms with Crippen LogP contribution in [0.25, 0.3) is 17.1 Å². The first-order valence-electron chi connectivity index (χ1n) is 9.89. The number of aromatic nitrogens is 3. The summed E-state index contributed by atoms with van der Waals surface area (Å²) in [6.07, 6.45) is 0. The number of rotatable bonds is 6. The monoisotopic (exact) mass is 450 g/mol. The number of nitrogens with one attached hydrogen (secondary N) is 1. The zero-order valence-electron chi connectivity index (χ0n) is 17.5. The second-order valence-corrected chi connectivity index (χ2v) is 8.12. The number of aryl methyl sites for hydroxylation is 1. The van der Waals surface area contributed by atoms with Crippen LogP contribution in [0, 0.1) is 25.5 Å². The van der Waals surface area contributed by atoms with Crippen molar-refractivity contribution in [1.29, 1.82) is 0 Å². The number of nitrogens with zero attached hydrogens (tertiary/aromatic N) is 3. The Kier molecular flexibility index (Phi) is 6.32. The Hall–Kier alpha value is -3.52. The van der Waals surface area contributed by atoms with E-state index in [9.17, 15) is 13.6 Å². The molecule has 0 spiro atoms. The predicted molar refractivity (Wildman–Crippen MR) is 122 cm³/mol. The van der Waals surface area contributed by atoms with E-state index in [0.29, 0.717) is 10.8 Å². The molecule has 162 valence electrons. The molecule has 4 aromatic rings. The summed E-state index contributed by atoms with van der Waals surface area (Å²) in [7, 11) is 0. The highest BCUT2D eigenvalue weighted by molar-refractivity contribution is 7.99. The number of carbonyl (C=O) groups is 1. The summed E-state index contributed by atoms with van der Waals surface area (Å²) in [5.74, 6) is -0.704. The van der Waals surface area contributed by atoms with Crippen LogP contribution in [0.1, 0.15) is 11.1 Å². The van der Waals surface area contributed by atoms with E-state index in [1.807, 2.05) is 32.0 Å². The third kappa shape index (κ3) is 4.55. The standard InChI is InChI=1S/C24H20F2N4OS/c1-15-6-5-9-21(16(15)2)27-22(31)14-32-24-29-28-23(19-7-3-4-8-20(19)26)30(24)18-12-10-17(25)11-13-18/h3-13H,14H2,1-2H3,(H,27,31). The van der Waals surface area contributed by atoms with Gasteiger partial charge in [-0.3, -0.25) is 9.36 Å². The Morgan fingerprint density at radius 1 is 0.969 bits per heavy atom. The van der Waals surface area contributed by atoms with Gasteiger partial charge in [0.25, 0.3) is 0 Å². The van der Waals surface area contributed by atoms with Crippen LogP contribution in [0.2, 0.25) is 0 Å². The van der Waals surface area contributed by atoms with Crippen LogP contribution in [-0.4, -0.2) is 26.4 Å². The highest BCUT2D eigenvalue weighted by Crippen LogP contribution is 2.29. The minimum atomic E-state index is -0.451. The van der Waals surface area contributed by atoms with E-state index in [2.05, 4.69) is 15.5 Å². The normalized spacial score (nSPS) is 10.9. The molecule has 1 amide bonds. The molecule has 5 nitrogen and oxygen atoms in total. The predicted octanol–water partition coefficient (Wildman–Crippen LogP) is 5.56. The van der Waals surface area contributed by atoms with Crippen LogP contribution in [0.4, 0.5) is 14.5 Å². The third-order valence-electron chi connectivity index (χ3n) is 5.04. The fourth-order valence-electron chi connectivity index (χ4n) is 3.21. The van der Waals surface area contributed by atoms with Crippen LogP contribution < -0.4 is 5.32 Å². The number of carbonyl (C=O) groups excluding carboxylic acids is 1. The van der Waals surface area contributed by atoms with Gasteiger partial charge in [-0.2, -0.15) is 0 Å². The number of halogens is 2. The summed E-state index contributed by atoms with van der Waals surface area (Å²) in [5, 5.41) is 11.6. The molecule has 0 aliphatic rings. The zero-order chi connectivity index (χ0) is 22.7. The van der Waals surface area contributed by atoms with Gasteiger partial charge in [-0.15, -0.1) is 10.2 Å². The summed E-state index contributed by atoms with van der Waals surface area (Å²) in [6, 6.07) is 17.7. The van der Waals surface area contributed by atoms with Gasteiger partial charge in [0.1, 0.15) is 11.6 Å². The van der Waals surface area contributed by atoms with Gasteiger partial charge in [0.05, 0.1) is 11.3 Å². The highest BCUT2D eigenvalue weighted by Gasteiger charge is 2.19. The topological polar surface area (TPSA) is 59.8 Å². The number of benzene rings is 3. The largest absolute Gasteiger partial charge is 0.325 e. The number of amides is 1. The van der Waals surface area contributed by atoms with E-state index < -0.39 is 11.6 Å². The summed E-state index contributed by atoms with van der Waals surface area (Å²) in [4.78, 5) is 12.6. The Balaban J connectivity index is 1.62. The molecule has 1 heterocycles. The fraction of sp³-hybridized carbons (Fsp3) is 0.125. The molecule has 0 aliphatic heterocycles. The molecule has 0 unspecified atom stereocenters. The lowest BCUT2D eigenvalue weighted by Gasteiger charge is -2.12. The van der Waals surface area contributed by atoms with Crippen molar-refractivity contribution in [3.05, 3.63) is 89.5 Å². The van der Waals surface area contributed by atoms with Crippen molar-refractivity contribution in [2.45, 2.75) is 19.0 Å². The zero-order valence-corrected chi connectivity index (χ0v) is 18.3. The summed E-state index contributed by atoms with van der Waals surface area (Å²) in [5.41, 5.74) is 3.66. The van der Waals surface area contributed by atoms with Gasteiger partial charge in [-0.05, 0) is 67.4 Å². The maximum atomic E-state index is 14.5. The molecule has 0 fully saturated rings. The summed E-state index contributed by atoms with van der Waals surface area (Å²) < 4.78 is 29.6. The number of thioether (sulfide) groups is 1. The summed E-state index contributed by atoms with van der Waals surface area (Å²) >= 11 is 1.17. The lowest BCUT2D eigenvalue weighted by atomic mass is 10.1. The molecule has 8 heteroatoms. The molecule has 32 heavy (non-hydrogen) atoms.